The predicted molar refractivity (Wildman–Crippen MR) is 77.5 cm³/mol. The molecule has 0 amide bonds. The van der Waals surface area contributed by atoms with Gasteiger partial charge in [0, 0.05) is 12.5 Å². The summed E-state index contributed by atoms with van der Waals surface area (Å²) >= 11 is 0. The van der Waals surface area contributed by atoms with Gasteiger partial charge in [0.1, 0.15) is 11.3 Å². The fourth-order valence-electron chi connectivity index (χ4n) is 1.73. The van der Waals surface area contributed by atoms with Crippen LogP contribution in [0, 0.1) is 10.1 Å². The second-order valence-corrected chi connectivity index (χ2v) is 4.92. The lowest BCUT2D eigenvalue weighted by Gasteiger charge is -2.26. The van der Waals surface area contributed by atoms with Crippen molar-refractivity contribution < 1.29 is 19.6 Å². The maximum absolute atomic E-state index is 11.3. The van der Waals surface area contributed by atoms with Gasteiger partial charge in [-0.1, -0.05) is 13.0 Å². The van der Waals surface area contributed by atoms with Gasteiger partial charge >= 0.3 is 5.97 Å². The minimum absolute atomic E-state index is 0.0578. The largest absolute Gasteiger partial charge is 0.493 e. The standard InChI is InChI=1S/C14H20N2O5/c1-3-8-15-14(2,13(17)18)7-9-21-12-6-4-5-11(10-12)16(19)20/h4-6,10,15H,3,7-9H2,1-2H3,(H,17,18). The number of carboxylic acids is 1. The van der Waals surface area contributed by atoms with Gasteiger partial charge < -0.3 is 15.2 Å². The van der Waals surface area contributed by atoms with E-state index in [-0.39, 0.29) is 18.7 Å². The van der Waals surface area contributed by atoms with Crippen molar-refractivity contribution >= 4 is 11.7 Å². The molecular formula is C14H20N2O5. The van der Waals surface area contributed by atoms with E-state index in [9.17, 15) is 20.0 Å². The van der Waals surface area contributed by atoms with E-state index in [2.05, 4.69) is 5.32 Å². The molecule has 7 nitrogen and oxygen atoms in total. The van der Waals surface area contributed by atoms with Crippen molar-refractivity contribution in [2.45, 2.75) is 32.2 Å². The van der Waals surface area contributed by atoms with Gasteiger partial charge in [-0.25, -0.2) is 0 Å². The average molecular weight is 296 g/mol. The minimum atomic E-state index is -1.07. The summed E-state index contributed by atoms with van der Waals surface area (Å²) in [6.07, 6.45) is 1.08. The summed E-state index contributed by atoms with van der Waals surface area (Å²) in [7, 11) is 0. The Hall–Kier alpha value is -2.15. The maximum Gasteiger partial charge on any atom is 0.323 e. The third kappa shape index (κ3) is 5.03. The second-order valence-electron chi connectivity index (χ2n) is 4.92. The van der Waals surface area contributed by atoms with E-state index >= 15 is 0 Å². The van der Waals surface area contributed by atoms with Crippen LogP contribution in [0.5, 0.6) is 5.75 Å². The average Bonchev–Trinajstić information content (AvgIpc) is 2.45. The molecule has 0 bridgehead atoms. The highest BCUT2D eigenvalue weighted by atomic mass is 16.6. The van der Waals surface area contributed by atoms with Crippen LogP contribution in [-0.2, 0) is 4.79 Å². The summed E-state index contributed by atoms with van der Waals surface area (Å²) in [6, 6.07) is 5.82. The molecular weight excluding hydrogens is 276 g/mol. The monoisotopic (exact) mass is 296 g/mol. The number of hydrogen-bond acceptors (Lipinski definition) is 5. The molecule has 1 aromatic carbocycles. The van der Waals surface area contributed by atoms with E-state index in [0.717, 1.165) is 6.42 Å². The van der Waals surface area contributed by atoms with E-state index in [0.29, 0.717) is 12.3 Å². The molecule has 0 heterocycles. The molecule has 0 saturated heterocycles. The number of ether oxygens (including phenoxy) is 1. The van der Waals surface area contributed by atoms with Gasteiger partial charge in [0.15, 0.2) is 0 Å². The topological polar surface area (TPSA) is 102 Å². The Bertz CT molecular complexity index is 506. The van der Waals surface area contributed by atoms with Crippen molar-refractivity contribution in [1.82, 2.24) is 5.32 Å². The Morgan fingerprint density at radius 2 is 2.24 bits per heavy atom. The summed E-state index contributed by atoms with van der Waals surface area (Å²) in [4.78, 5) is 21.5. The lowest BCUT2D eigenvalue weighted by molar-refractivity contribution is -0.384. The number of nitro groups is 1. The van der Waals surface area contributed by atoms with E-state index < -0.39 is 16.4 Å². The first kappa shape index (κ1) is 16.9. The van der Waals surface area contributed by atoms with Crippen molar-refractivity contribution in [3.8, 4) is 5.75 Å². The first-order valence-corrected chi connectivity index (χ1v) is 6.74. The summed E-state index contributed by atoms with van der Waals surface area (Å²) in [5, 5.41) is 22.9. The Kier molecular flexibility index (Phi) is 6.10. The van der Waals surface area contributed by atoms with E-state index in [1.165, 1.54) is 18.2 Å². The first-order valence-electron chi connectivity index (χ1n) is 6.74. The van der Waals surface area contributed by atoms with Crippen LogP contribution in [0.2, 0.25) is 0 Å². The Morgan fingerprint density at radius 1 is 1.52 bits per heavy atom. The van der Waals surface area contributed by atoms with Crippen LogP contribution < -0.4 is 10.1 Å². The fraction of sp³-hybridized carbons (Fsp3) is 0.500. The first-order chi connectivity index (χ1) is 9.89. The van der Waals surface area contributed by atoms with Gasteiger partial charge in [-0.15, -0.1) is 0 Å². The predicted octanol–water partition coefficient (Wildman–Crippen LogP) is 2.21. The smallest absolute Gasteiger partial charge is 0.323 e. The number of hydrogen-bond donors (Lipinski definition) is 2. The van der Waals surface area contributed by atoms with Crippen molar-refractivity contribution in [3.05, 3.63) is 34.4 Å². The molecule has 0 radical (unpaired) electrons. The molecule has 0 aliphatic rings. The van der Waals surface area contributed by atoms with Gasteiger partial charge in [0.2, 0.25) is 0 Å². The number of non-ortho nitro benzene ring substituents is 1. The van der Waals surface area contributed by atoms with Crippen LogP contribution in [0.25, 0.3) is 0 Å². The van der Waals surface area contributed by atoms with Gasteiger partial charge in [-0.3, -0.25) is 14.9 Å². The van der Waals surface area contributed by atoms with Crippen LogP contribution in [0.3, 0.4) is 0 Å². The molecule has 0 aliphatic heterocycles. The number of nitro benzene ring substituents is 1. The fourth-order valence-corrected chi connectivity index (χ4v) is 1.73. The quantitative estimate of drug-likeness (QED) is 0.535. The summed E-state index contributed by atoms with van der Waals surface area (Å²) in [6.45, 7) is 4.30. The molecule has 0 aromatic heterocycles. The molecule has 0 fully saturated rings. The molecule has 0 aliphatic carbocycles. The molecule has 0 saturated carbocycles. The van der Waals surface area contributed by atoms with Gasteiger partial charge in [0.25, 0.3) is 5.69 Å². The van der Waals surface area contributed by atoms with Gasteiger partial charge in [-0.2, -0.15) is 0 Å². The summed E-state index contributed by atoms with van der Waals surface area (Å²) in [5.41, 5.74) is -1.13. The molecule has 7 heteroatoms. The SMILES string of the molecule is CCCNC(C)(CCOc1cccc([N+](=O)[O-])c1)C(=O)O. The molecule has 116 valence electrons. The second kappa shape index (κ2) is 7.58. The number of carboxylic acid groups (broad SMARTS) is 1. The highest BCUT2D eigenvalue weighted by molar-refractivity contribution is 5.78. The number of carbonyl (C=O) groups is 1. The minimum Gasteiger partial charge on any atom is -0.493 e. The van der Waals surface area contributed by atoms with E-state index in [1.807, 2.05) is 6.92 Å². The molecule has 21 heavy (non-hydrogen) atoms. The van der Waals surface area contributed by atoms with Crippen molar-refractivity contribution in [2.24, 2.45) is 0 Å². The highest BCUT2D eigenvalue weighted by Gasteiger charge is 2.32. The van der Waals surface area contributed by atoms with Crippen LogP contribution in [0.15, 0.2) is 24.3 Å². The van der Waals surface area contributed by atoms with Crippen molar-refractivity contribution in [3.63, 3.8) is 0 Å². The highest BCUT2D eigenvalue weighted by Crippen LogP contribution is 2.20. The summed E-state index contributed by atoms with van der Waals surface area (Å²) in [5.74, 6) is -0.592. The molecule has 1 rings (SSSR count). The Balaban J connectivity index is 2.60. The van der Waals surface area contributed by atoms with Crippen LogP contribution >= 0.6 is 0 Å². The zero-order valence-corrected chi connectivity index (χ0v) is 12.2. The van der Waals surface area contributed by atoms with Crippen LogP contribution in [0.1, 0.15) is 26.7 Å². The number of rotatable bonds is 9. The molecule has 2 N–H and O–H groups in total. The van der Waals surface area contributed by atoms with Crippen LogP contribution in [-0.4, -0.2) is 34.7 Å². The number of nitrogens with one attached hydrogen (secondary N) is 1. The number of benzene rings is 1. The zero-order valence-electron chi connectivity index (χ0n) is 12.2. The van der Waals surface area contributed by atoms with E-state index in [4.69, 9.17) is 4.74 Å². The zero-order chi connectivity index (χ0) is 15.9. The molecule has 1 unspecified atom stereocenters. The van der Waals surface area contributed by atoms with Crippen molar-refractivity contribution in [1.29, 1.82) is 0 Å². The summed E-state index contributed by atoms with van der Waals surface area (Å²) < 4.78 is 5.41. The maximum atomic E-state index is 11.3. The van der Waals surface area contributed by atoms with Gasteiger partial charge in [-0.05, 0) is 26.0 Å². The third-order valence-corrected chi connectivity index (χ3v) is 3.14. The Morgan fingerprint density at radius 3 is 2.81 bits per heavy atom. The molecule has 1 aromatic rings. The lowest BCUT2D eigenvalue weighted by atomic mass is 9.98. The van der Waals surface area contributed by atoms with Gasteiger partial charge in [0.05, 0.1) is 17.6 Å². The Labute approximate surface area is 123 Å². The molecule has 1 atom stereocenters. The number of nitrogens with zero attached hydrogens (tertiary/aromatic N) is 1. The lowest BCUT2D eigenvalue weighted by Crippen LogP contribution is -2.50. The number of aliphatic carboxylic acids is 1. The third-order valence-electron chi connectivity index (χ3n) is 3.14. The molecule has 0 spiro atoms. The van der Waals surface area contributed by atoms with E-state index in [1.54, 1.807) is 13.0 Å². The normalized spacial score (nSPS) is 13.4. The van der Waals surface area contributed by atoms with Crippen molar-refractivity contribution in [2.75, 3.05) is 13.2 Å². The van der Waals surface area contributed by atoms with Crippen LogP contribution in [0.4, 0.5) is 5.69 Å².